The van der Waals surface area contributed by atoms with Gasteiger partial charge in [0.05, 0.1) is 28.4 Å². The fourth-order valence-electron chi connectivity index (χ4n) is 1.90. The first kappa shape index (κ1) is 15.4. The lowest BCUT2D eigenvalue weighted by Gasteiger charge is -2.11. The normalized spacial score (nSPS) is 10.1. The van der Waals surface area contributed by atoms with Gasteiger partial charge in [0.2, 0.25) is 0 Å². The molecule has 0 N–H and O–H groups in total. The number of hydrogen-bond acceptors (Lipinski definition) is 5. The zero-order chi connectivity index (χ0) is 15.2. The van der Waals surface area contributed by atoms with E-state index in [-0.39, 0.29) is 0 Å². The van der Waals surface area contributed by atoms with Crippen LogP contribution < -0.4 is 18.9 Å². The van der Waals surface area contributed by atoms with Crippen LogP contribution in [0, 0.1) is 0 Å². The van der Waals surface area contributed by atoms with Gasteiger partial charge in [0, 0.05) is 9.79 Å². The van der Waals surface area contributed by atoms with Crippen LogP contribution in [0.2, 0.25) is 0 Å². The predicted octanol–water partition coefficient (Wildman–Crippen LogP) is 3.87. The van der Waals surface area contributed by atoms with Crippen molar-refractivity contribution in [2.45, 2.75) is 9.79 Å². The highest BCUT2D eigenvalue weighted by Crippen LogP contribution is 2.38. The molecule has 0 aliphatic rings. The molecule has 0 aliphatic carbocycles. The summed E-state index contributed by atoms with van der Waals surface area (Å²) in [6.07, 6.45) is 0. The van der Waals surface area contributed by atoms with Gasteiger partial charge in [-0.15, -0.1) is 0 Å². The Morgan fingerprint density at radius 1 is 0.571 bits per heavy atom. The predicted molar refractivity (Wildman–Crippen MR) is 83.2 cm³/mol. The zero-order valence-electron chi connectivity index (χ0n) is 12.5. The summed E-state index contributed by atoms with van der Waals surface area (Å²) in [7, 11) is 6.50. The molecule has 4 nitrogen and oxygen atoms in total. The lowest BCUT2D eigenvalue weighted by atomic mass is 10.3. The van der Waals surface area contributed by atoms with E-state index in [1.807, 2.05) is 36.4 Å². The quantitative estimate of drug-likeness (QED) is 0.809. The van der Waals surface area contributed by atoms with Gasteiger partial charge in [0.15, 0.2) is 23.0 Å². The molecule has 112 valence electrons. The highest BCUT2D eigenvalue weighted by molar-refractivity contribution is 7.99. The van der Waals surface area contributed by atoms with Gasteiger partial charge in [-0.2, -0.15) is 0 Å². The van der Waals surface area contributed by atoms with Crippen molar-refractivity contribution in [1.82, 2.24) is 0 Å². The Kier molecular flexibility index (Phi) is 5.22. The highest BCUT2D eigenvalue weighted by atomic mass is 32.2. The summed E-state index contributed by atoms with van der Waals surface area (Å²) in [6, 6.07) is 11.6. The van der Waals surface area contributed by atoms with Crippen LogP contribution in [0.3, 0.4) is 0 Å². The van der Waals surface area contributed by atoms with Crippen LogP contribution >= 0.6 is 11.8 Å². The molecule has 0 heterocycles. The van der Waals surface area contributed by atoms with Gasteiger partial charge < -0.3 is 18.9 Å². The van der Waals surface area contributed by atoms with Gasteiger partial charge in [-0.1, -0.05) is 11.8 Å². The number of methoxy groups -OCH3 is 4. The minimum atomic E-state index is 0.711. The molecule has 2 aromatic rings. The van der Waals surface area contributed by atoms with E-state index in [0.717, 1.165) is 9.79 Å². The summed E-state index contributed by atoms with van der Waals surface area (Å²) in [5.41, 5.74) is 0. The topological polar surface area (TPSA) is 36.9 Å². The average Bonchev–Trinajstić information content (AvgIpc) is 2.54. The molecule has 0 radical (unpaired) electrons. The first-order valence-corrected chi connectivity index (χ1v) is 7.15. The van der Waals surface area contributed by atoms with E-state index in [0.29, 0.717) is 23.0 Å². The van der Waals surface area contributed by atoms with E-state index in [1.165, 1.54) is 0 Å². The van der Waals surface area contributed by atoms with Crippen LogP contribution in [0.5, 0.6) is 23.0 Å². The molecule has 0 spiro atoms. The van der Waals surface area contributed by atoms with E-state index in [1.54, 1.807) is 40.2 Å². The van der Waals surface area contributed by atoms with Crippen molar-refractivity contribution in [3.05, 3.63) is 36.4 Å². The molecule has 0 atom stereocenters. The minimum Gasteiger partial charge on any atom is -0.493 e. The second kappa shape index (κ2) is 7.13. The lowest BCUT2D eigenvalue weighted by molar-refractivity contribution is 0.354. The minimum absolute atomic E-state index is 0.711. The first-order valence-electron chi connectivity index (χ1n) is 6.33. The highest BCUT2D eigenvalue weighted by Gasteiger charge is 2.08. The van der Waals surface area contributed by atoms with Crippen LogP contribution in [0.1, 0.15) is 0 Å². The Balaban J connectivity index is 2.25. The molecule has 2 rings (SSSR count). The molecule has 0 saturated carbocycles. The Bertz CT molecular complexity index is 560. The maximum atomic E-state index is 5.31. The smallest absolute Gasteiger partial charge is 0.161 e. The number of benzene rings is 2. The van der Waals surface area contributed by atoms with E-state index in [9.17, 15) is 0 Å². The molecular weight excluding hydrogens is 288 g/mol. The standard InChI is InChI=1S/C16H18O4S/c1-17-13-7-5-11(9-15(13)19-3)21-12-6-8-14(18-2)16(10-12)20-4/h5-10H,1-4H3. The number of rotatable bonds is 6. The fourth-order valence-corrected chi connectivity index (χ4v) is 2.77. The Morgan fingerprint density at radius 3 is 1.29 bits per heavy atom. The molecule has 5 heteroatoms. The molecule has 0 unspecified atom stereocenters. The van der Waals surface area contributed by atoms with Gasteiger partial charge in [-0.25, -0.2) is 0 Å². The molecule has 0 amide bonds. The molecule has 2 aromatic carbocycles. The van der Waals surface area contributed by atoms with Crippen LogP contribution in [0.15, 0.2) is 46.2 Å². The summed E-state index contributed by atoms with van der Waals surface area (Å²) < 4.78 is 21.1. The van der Waals surface area contributed by atoms with E-state index in [4.69, 9.17) is 18.9 Å². The van der Waals surface area contributed by atoms with Crippen molar-refractivity contribution in [3.63, 3.8) is 0 Å². The van der Waals surface area contributed by atoms with Crippen molar-refractivity contribution in [1.29, 1.82) is 0 Å². The van der Waals surface area contributed by atoms with E-state index < -0.39 is 0 Å². The molecule has 21 heavy (non-hydrogen) atoms. The van der Waals surface area contributed by atoms with Crippen LogP contribution in [-0.2, 0) is 0 Å². The lowest BCUT2D eigenvalue weighted by Crippen LogP contribution is -1.91. The molecule has 0 saturated heterocycles. The Hall–Kier alpha value is -2.01. The van der Waals surface area contributed by atoms with E-state index in [2.05, 4.69) is 0 Å². The molecular formula is C16H18O4S. The number of ether oxygens (including phenoxy) is 4. The second-order valence-electron chi connectivity index (χ2n) is 4.14. The molecule has 0 aliphatic heterocycles. The third-order valence-corrected chi connectivity index (χ3v) is 3.92. The zero-order valence-corrected chi connectivity index (χ0v) is 13.3. The van der Waals surface area contributed by atoms with Gasteiger partial charge in [0.1, 0.15) is 0 Å². The van der Waals surface area contributed by atoms with Crippen molar-refractivity contribution in [2.75, 3.05) is 28.4 Å². The van der Waals surface area contributed by atoms with Crippen molar-refractivity contribution in [2.24, 2.45) is 0 Å². The van der Waals surface area contributed by atoms with Gasteiger partial charge in [-0.3, -0.25) is 0 Å². The van der Waals surface area contributed by atoms with Crippen LogP contribution in [0.4, 0.5) is 0 Å². The Labute approximate surface area is 129 Å². The summed E-state index contributed by atoms with van der Waals surface area (Å²) in [5, 5.41) is 0. The summed E-state index contributed by atoms with van der Waals surface area (Å²) in [6.45, 7) is 0. The molecule has 0 fully saturated rings. The van der Waals surface area contributed by atoms with Gasteiger partial charge >= 0.3 is 0 Å². The molecule has 0 bridgehead atoms. The summed E-state index contributed by atoms with van der Waals surface area (Å²) in [5.74, 6) is 2.86. The SMILES string of the molecule is COc1ccc(Sc2ccc(OC)c(OC)c2)cc1OC. The van der Waals surface area contributed by atoms with Crippen molar-refractivity contribution >= 4 is 11.8 Å². The van der Waals surface area contributed by atoms with Crippen molar-refractivity contribution in [3.8, 4) is 23.0 Å². The maximum absolute atomic E-state index is 5.31. The van der Waals surface area contributed by atoms with Crippen LogP contribution in [0.25, 0.3) is 0 Å². The first-order chi connectivity index (χ1) is 10.2. The maximum Gasteiger partial charge on any atom is 0.161 e. The van der Waals surface area contributed by atoms with Crippen molar-refractivity contribution < 1.29 is 18.9 Å². The fraction of sp³-hybridized carbons (Fsp3) is 0.250. The van der Waals surface area contributed by atoms with Gasteiger partial charge in [-0.05, 0) is 36.4 Å². The third kappa shape index (κ3) is 3.55. The van der Waals surface area contributed by atoms with Gasteiger partial charge in [0.25, 0.3) is 0 Å². The average molecular weight is 306 g/mol. The van der Waals surface area contributed by atoms with Crippen LogP contribution in [-0.4, -0.2) is 28.4 Å². The summed E-state index contributed by atoms with van der Waals surface area (Å²) in [4.78, 5) is 2.11. The second-order valence-corrected chi connectivity index (χ2v) is 5.28. The largest absolute Gasteiger partial charge is 0.493 e. The molecule has 0 aromatic heterocycles. The van der Waals surface area contributed by atoms with E-state index >= 15 is 0 Å². The Morgan fingerprint density at radius 2 is 0.952 bits per heavy atom. The third-order valence-electron chi connectivity index (χ3n) is 2.95. The number of hydrogen-bond donors (Lipinski definition) is 0. The monoisotopic (exact) mass is 306 g/mol. The summed E-state index contributed by atoms with van der Waals surface area (Å²) >= 11 is 1.61.